The van der Waals surface area contributed by atoms with E-state index in [2.05, 4.69) is 15.1 Å². The van der Waals surface area contributed by atoms with E-state index in [1.807, 2.05) is 48.5 Å². The van der Waals surface area contributed by atoms with E-state index in [1.54, 1.807) is 12.3 Å². The van der Waals surface area contributed by atoms with Crippen molar-refractivity contribution in [1.29, 1.82) is 0 Å². The van der Waals surface area contributed by atoms with Crippen LogP contribution < -0.4 is 10.5 Å². The first-order valence-electron chi connectivity index (χ1n) is 8.66. The number of aromatic nitrogens is 3. The zero-order chi connectivity index (χ0) is 19.3. The van der Waals surface area contributed by atoms with E-state index in [1.165, 1.54) is 6.20 Å². The minimum absolute atomic E-state index is 0.360. The minimum atomic E-state index is 0.360. The number of hydrogen-bond acceptors (Lipinski definition) is 6. The number of ether oxygens (including phenoxy) is 1. The van der Waals surface area contributed by atoms with Crippen LogP contribution in [-0.2, 0) is 13.0 Å². The Morgan fingerprint density at radius 3 is 2.68 bits per heavy atom. The quantitative estimate of drug-likeness (QED) is 0.518. The molecule has 2 N–H and O–H groups in total. The van der Waals surface area contributed by atoms with E-state index in [4.69, 9.17) is 26.6 Å². The van der Waals surface area contributed by atoms with Crippen molar-refractivity contribution in [3.05, 3.63) is 89.0 Å². The summed E-state index contributed by atoms with van der Waals surface area (Å²) in [5.74, 6) is 1.86. The molecule has 3 aromatic heterocycles. The van der Waals surface area contributed by atoms with Gasteiger partial charge in [-0.05, 0) is 35.9 Å². The second kappa shape index (κ2) is 8.10. The van der Waals surface area contributed by atoms with Crippen LogP contribution in [0.4, 0.5) is 5.82 Å². The van der Waals surface area contributed by atoms with Gasteiger partial charge in [0.25, 0.3) is 0 Å². The van der Waals surface area contributed by atoms with Crippen LogP contribution in [0.15, 0.2) is 71.5 Å². The van der Waals surface area contributed by atoms with Gasteiger partial charge in [0.05, 0.1) is 10.7 Å². The number of rotatable bonds is 6. The standard InChI is InChI=1S/C21H17ClN4O2/c22-15-10-19(21(23)25-12-15)20-11-18(28-26-20)9-14-4-6-17(7-5-14)27-13-16-3-1-2-8-24-16/h1-8,10-12H,9,13H2,(H2,23,25). The molecule has 0 atom stereocenters. The number of hydrogen-bond donors (Lipinski definition) is 1. The van der Waals surface area contributed by atoms with Gasteiger partial charge in [-0.3, -0.25) is 4.98 Å². The molecule has 4 aromatic rings. The maximum absolute atomic E-state index is 5.99. The second-order valence-corrected chi connectivity index (χ2v) is 6.63. The molecule has 0 spiro atoms. The van der Waals surface area contributed by atoms with E-state index in [0.717, 1.165) is 22.8 Å². The molecular weight excluding hydrogens is 376 g/mol. The third-order valence-corrected chi connectivity index (χ3v) is 4.34. The number of nitrogens with two attached hydrogens (primary N) is 1. The average Bonchev–Trinajstić information content (AvgIpc) is 3.18. The Kier molecular flexibility index (Phi) is 5.21. The zero-order valence-corrected chi connectivity index (χ0v) is 15.6. The molecule has 0 aliphatic rings. The van der Waals surface area contributed by atoms with E-state index >= 15 is 0 Å². The molecule has 0 saturated heterocycles. The molecule has 4 rings (SSSR count). The molecule has 6 nitrogen and oxygen atoms in total. The largest absolute Gasteiger partial charge is 0.487 e. The smallest absolute Gasteiger partial charge is 0.141 e. The highest BCUT2D eigenvalue weighted by molar-refractivity contribution is 6.30. The molecule has 0 fully saturated rings. The van der Waals surface area contributed by atoms with Crippen LogP contribution in [0.3, 0.4) is 0 Å². The molecule has 140 valence electrons. The van der Waals surface area contributed by atoms with Gasteiger partial charge in [-0.1, -0.05) is 35.0 Å². The molecular formula is C21H17ClN4O2. The van der Waals surface area contributed by atoms with Gasteiger partial charge in [0.15, 0.2) is 0 Å². The molecule has 0 radical (unpaired) electrons. The number of benzene rings is 1. The van der Waals surface area contributed by atoms with Crippen molar-refractivity contribution in [3.8, 4) is 17.0 Å². The van der Waals surface area contributed by atoms with Gasteiger partial charge in [0.1, 0.15) is 29.6 Å². The first kappa shape index (κ1) is 18.0. The second-order valence-electron chi connectivity index (χ2n) is 6.20. The fourth-order valence-electron chi connectivity index (χ4n) is 2.72. The maximum atomic E-state index is 5.99. The third-order valence-electron chi connectivity index (χ3n) is 4.13. The van der Waals surface area contributed by atoms with Gasteiger partial charge >= 0.3 is 0 Å². The lowest BCUT2D eigenvalue weighted by Crippen LogP contribution is -1.97. The summed E-state index contributed by atoms with van der Waals surface area (Å²) in [7, 11) is 0. The Balaban J connectivity index is 1.41. The Labute approximate surface area is 166 Å². The summed E-state index contributed by atoms with van der Waals surface area (Å²) >= 11 is 5.99. The van der Waals surface area contributed by atoms with Crippen LogP contribution in [0.25, 0.3) is 11.3 Å². The van der Waals surface area contributed by atoms with E-state index in [9.17, 15) is 0 Å². The lowest BCUT2D eigenvalue weighted by molar-refractivity contribution is 0.301. The van der Waals surface area contributed by atoms with Gasteiger partial charge < -0.3 is 15.0 Å². The monoisotopic (exact) mass is 392 g/mol. The summed E-state index contributed by atoms with van der Waals surface area (Å²) in [5, 5.41) is 4.58. The van der Waals surface area contributed by atoms with Gasteiger partial charge in [0.2, 0.25) is 0 Å². The van der Waals surface area contributed by atoms with Crippen LogP contribution >= 0.6 is 11.6 Å². The summed E-state index contributed by atoms with van der Waals surface area (Å²) in [6.45, 7) is 0.431. The van der Waals surface area contributed by atoms with Crippen molar-refractivity contribution >= 4 is 17.4 Å². The molecule has 0 amide bonds. The van der Waals surface area contributed by atoms with Gasteiger partial charge in [-0.15, -0.1) is 0 Å². The number of nitrogen functional groups attached to an aromatic ring is 1. The van der Waals surface area contributed by atoms with Crippen molar-refractivity contribution in [2.45, 2.75) is 13.0 Å². The Morgan fingerprint density at radius 1 is 1.04 bits per heavy atom. The topological polar surface area (TPSA) is 87.1 Å². The minimum Gasteiger partial charge on any atom is -0.487 e. The van der Waals surface area contributed by atoms with E-state index < -0.39 is 0 Å². The van der Waals surface area contributed by atoms with E-state index in [0.29, 0.717) is 35.1 Å². The van der Waals surface area contributed by atoms with Crippen LogP contribution in [0.5, 0.6) is 5.75 Å². The molecule has 1 aromatic carbocycles. The molecule has 0 aliphatic carbocycles. The maximum Gasteiger partial charge on any atom is 0.141 e. The average molecular weight is 393 g/mol. The van der Waals surface area contributed by atoms with Crippen molar-refractivity contribution < 1.29 is 9.26 Å². The highest BCUT2D eigenvalue weighted by atomic mass is 35.5. The molecule has 0 saturated carbocycles. The predicted octanol–water partition coefficient (Wildman–Crippen LogP) is 4.54. The summed E-state index contributed by atoms with van der Waals surface area (Å²) in [6, 6.07) is 17.1. The normalized spacial score (nSPS) is 10.8. The Hall–Kier alpha value is -3.38. The number of nitrogens with zero attached hydrogens (tertiary/aromatic N) is 3. The summed E-state index contributed by atoms with van der Waals surface area (Å²) < 4.78 is 11.2. The number of halogens is 1. The van der Waals surface area contributed by atoms with E-state index in [-0.39, 0.29) is 0 Å². The summed E-state index contributed by atoms with van der Waals surface area (Å²) in [4.78, 5) is 8.28. The first-order chi connectivity index (χ1) is 13.7. The molecule has 0 aliphatic heterocycles. The van der Waals surface area contributed by atoms with Crippen molar-refractivity contribution in [1.82, 2.24) is 15.1 Å². The first-order valence-corrected chi connectivity index (χ1v) is 9.04. The molecule has 7 heteroatoms. The van der Waals surface area contributed by atoms with Gasteiger partial charge in [0, 0.05) is 30.4 Å². The van der Waals surface area contributed by atoms with Crippen molar-refractivity contribution in [2.75, 3.05) is 5.73 Å². The Bertz CT molecular complexity index is 1070. The molecule has 28 heavy (non-hydrogen) atoms. The molecule has 3 heterocycles. The van der Waals surface area contributed by atoms with Crippen LogP contribution in [0.1, 0.15) is 17.0 Å². The lowest BCUT2D eigenvalue weighted by atomic mass is 10.1. The predicted molar refractivity (Wildman–Crippen MR) is 107 cm³/mol. The van der Waals surface area contributed by atoms with Crippen LogP contribution in [-0.4, -0.2) is 15.1 Å². The molecule has 0 bridgehead atoms. The van der Waals surface area contributed by atoms with Gasteiger partial charge in [-0.2, -0.15) is 0 Å². The number of anilines is 1. The Morgan fingerprint density at radius 2 is 1.89 bits per heavy atom. The lowest BCUT2D eigenvalue weighted by Gasteiger charge is -2.06. The van der Waals surface area contributed by atoms with Crippen molar-refractivity contribution in [2.24, 2.45) is 0 Å². The van der Waals surface area contributed by atoms with Crippen molar-refractivity contribution in [3.63, 3.8) is 0 Å². The highest BCUT2D eigenvalue weighted by Gasteiger charge is 2.12. The zero-order valence-electron chi connectivity index (χ0n) is 14.9. The summed E-state index contributed by atoms with van der Waals surface area (Å²) in [6.07, 6.45) is 3.85. The SMILES string of the molecule is Nc1ncc(Cl)cc1-c1cc(Cc2ccc(OCc3ccccn3)cc2)on1. The molecule has 0 unspecified atom stereocenters. The van der Waals surface area contributed by atoms with Crippen LogP contribution in [0.2, 0.25) is 5.02 Å². The fraction of sp³-hybridized carbons (Fsp3) is 0.0952. The van der Waals surface area contributed by atoms with Crippen LogP contribution in [0, 0.1) is 0 Å². The summed E-state index contributed by atoms with van der Waals surface area (Å²) in [5.41, 5.74) is 9.12. The third kappa shape index (κ3) is 4.29. The fourth-order valence-corrected chi connectivity index (χ4v) is 2.88. The number of pyridine rings is 2. The highest BCUT2D eigenvalue weighted by Crippen LogP contribution is 2.27. The van der Waals surface area contributed by atoms with Gasteiger partial charge in [-0.25, -0.2) is 4.98 Å².